The quantitative estimate of drug-likeness (QED) is 0.645. The SMILES string of the molecule is CCCCCCN(CC)c1ncncn1. The smallest absolute Gasteiger partial charge is 0.228 e. The fraction of sp³-hybridized carbons (Fsp3) is 0.727. The molecule has 1 heterocycles. The second kappa shape index (κ2) is 7.15. The van der Waals surface area contributed by atoms with Gasteiger partial charge in [-0.3, -0.25) is 0 Å². The molecule has 0 saturated heterocycles. The largest absolute Gasteiger partial charge is 0.341 e. The molecule has 0 aliphatic heterocycles. The summed E-state index contributed by atoms with van der Waals surface area (Å²) in [5.74, 6) is 0.795. The third kappa shape index (κ3) is 4.23. The molecule has 0 atom stereocenters. The Morgan fingerprint density at radius 1 is 1.07 bits per heavy atom. The summed E-state index contributed by atoms with van der Waals surface area (Å²) >= 11 is 0. The maximum Gasteiger partial charge on any atom is 0.228 e. The van der Waals surface area contributed by atoms with Crippen LogP contribution >= 0.6 is 0 Å². The van der Waals surface area contributed by atoms with Gasteiger partial charge in [0.05, 0.1) is 0 Å². The number of unbranched alkanes of at least 4 members (excludes halogenated alkanes) is 3. The van der Waals surface area contributed by atoms with Gasteiger partial charge in [0.2, 0.25) is 5.95 Å². The summed E-state index contributed by atoms with van der Waals surface area (Å²) in [5, 5.41) is 0. The zero-order valence-electron chi connectivity index (χ0n) is 9.69. The highest BCUT2D eigenvalue weighted by Gasteiger charge is 2.05. The highest BCUT2D eigenvalue weighted by Crippen LogP contribution is 2.07. The molecule has 0 aliphatic rings. The number of hydrogen-bond acceptors (Lipinski definition) is 4. The summed E-state index contributed by atoms with van der Waals surface area (Å²) in [6.07, 6.45) is 8.20. The third-order valence-corrected chi connectivity index (χ3v) is 2.43. The van der Waals surface area contributed by atoms with E-state index in [1.807, 2.05) is 0 Å². The van der Waals surface area contributed by atoms with Crippen molar-refractivity contribution >= 4 is 5.95 Å². The van der Waals surface area contributed by atoms with Crippen molar-refractivity contribution in [1.82, 2.24) is 15.0 Å². The van der Waals surface area contributed by atoms with E-state index in [2.05, 4.69) is 33.7 Å². The van der Waals surface area contributed by atoms with Gasteiger partial charge < -0.3 is 4.90 Å². The van der Waals surface area contributed by atoms with Gasteiger partial charge in [0.25, 0.3) is 0 Å². The lowest BCUT2D eigenvalue weighted by Gasteiger charge is -2.19. The van der Waals surface area contributed by atoms with Gasteiger partial charge in [-0.05, 0) is 13.3 Å². The molecule has 0 fully saturated rings. The molecule has 0 unspecified atom stereocenters. The van der Waals surface area contributed by atoms with E-state index >= 15 is 0 Å². The molecule has 4 heteroatoms. The topological polar surface area (TPSA) is 41.9 Å². The normalized spacial score (nSPS) is 10.3. The number of nitrogens with zero attached hydrogens (tertiary/aromatic N) is 4. The van der Waals surface area contributed by atoms with Crippen LogP contribution in [0.5, 0.6) is 0 Å². The van der Waals surface area contributed by atoms with Crippen LogP contribution in [-0.4, -0.2) is 28.0 Å². The van der Waals surface area contributed by atoms with Gasteiger partial charge >= 0.3 is 0 Å². The van der Waals surface area contributed by atoms with Crippen LogP contribution in [0.2, 0.25) is 0 Å². The third-order valence-electron chi connectivity index (χ3n) is 2.43. The second-order valence-electron chi connectivity index (χ2n) is 3.58. The molecule has 0 radical (unpaired) electrons. The summed E-state index contributed by atoms with van der Waals surface area (Å²) in [5.41, 5.74) is 0. The van der Waals surface area contributed by atoms with Crippen LogP contribution in [0, 0.1) is 0 Å². The summed E-state index contributed by atoms with van der Waals surface area (Å²) in [6, 6.07) is 0. The minimum atomic E-state index is 0.795. The molecule has 0 aromatic carbocycles. The van der Waals surface area contributed by atoms with Crippen LogP contribution in [0.4, 0.5) is 5.95 Å². The maximum absolute atomic E-state index is 4.15. The van der Waals surface area contributed by atoms with Gasteiger partial charge in [0.1, 0.15) is 12.7 Å². The molecule has 0 aliphatic carbocycles. The first kappa shape index (κ1) is 11.9. The standard InChI is InChI=1S/C11H20N4/c1-3-5-6-7-8-15(4-2)11-13-9-12-10-14-11/h9-10H,3-8H2,1-2H3. The monoisotopic (exact) mass is 208 g/mol. The summed E-state index contributed by atoms with van der Waals surface area (Å²) in [4.78, 5) is 14.3. The Bertz CT molecular complexity index is 250. The Kier molecular flexibility index (Phi) is 5.66. The lowest BCUT2D eigenvalue weighted by molar-refractivity contribution is 0.641. The van der Waals surface area contributed by atoms with Gasteiger partial charge in [-0.1, -0.05) is 26.2 Å². The van der Waals surface area contributed by atoms with Crippen molar-refractivity contribution in [3.05, 3.63) is 12.7 Å². The first-order chi connectivity index (χ1) is 7.38. The fourth-order valence-electron chi connectivity index (χ4n) is 1.53. The van der Waals surface area contributed by atoms with Crippen molar-refractivity contribution in [3.63, 3.8) is 0 Å². The Labute approximate surface area is 91.8 Å². The van der Waals surface area contributed by atoms with Crippen LogP contribution in [0.1, 0.15) is 39.5 Å². The van der Waals surface area contributed by atoms with Crippen LogP contribution < -0.4 is 4.90 Å². The molecule has 15 heavy (non-hydrogen) atoms. The lowest BCUT2D eigenvalue weighted by Crippen LogP contribution is -2.25. The minimum absolute atomic E-state index is 0.795. The molecule has 0 N–H and O–H groups in total. The Hall–Kier alpha value is -1.19. The zero-order chi connectivity index (χ0) is 10.9. The van der Waals surface area contributed by atoms with Crippen molar-refractivity contribution < 1.29 is 0 Å². The van der Waals surface area contributed by atoms with Crippen molar-refractivity contribution in [1.29, 1.82) is 0 Å². The van der Waals surface area contributed by atoms with Gasteiger partial charge in [-0.25, -0.2) is 15.0 Å². The van der Waals surface area contributed by atoms with E-state index < -0.39 is 0 Å². The van der Waals surface area contributed by atoms with Crippen molar-refractivity contribution in [3.8, 4) is 0 Å². The first-order valence-electron chi connectivity index (χ1n) is 5.75. The molecular formula is C11H20N4. The molecular weight excluding hydrogens is 188 g/mol. The Balaban J connectivity index is 2.36. The molecule has 0 saturated carbocycles. The molecule has 0 amide bonds. The van der Waals surface area contributed by atoms with E-state index in [4.69, 9.17) is 0 Å². The number of hydrogen-bond donors (Lipinski definition) is 0. The number of aromatic nitrogens is 3. The first-order valence-corrected chi connectivity index (χ1v) is 5.75. The van der Waals surface area contributed by atoms with Gasteiger partial charge in [0, 0.05) is 13.1 Å². The van der Waals surface area contributed by atoms with E-state index in [-0.39, 0.29) is 0 Å². The van der Waals surface area contributed by atoms with E-state index in [9.17, 15) is 0 Å². The van der Waals surface area contributed by atoms with Gasteiger partial charge in [0.15, 0.2) is 0 Å². The van der Waals surface area contributed by atoms with Crippen LogP contribution in [-0.2, 0) is 0 Å². The lowest BCUT2D eigenvalue weighted by atomic mass is 10.2. The molecule has 0 spiro atoms. The molecule has 84 valence electrons. The summed E-state index contributed by atoms with van der Waals surface area (Å²) in [7, 11) is 0. The van der Waals surface area contributed by atoms with E-state index in [1.54, 1.807) is 12.7 Å². The predicted octanol–water partition coefficient (Wildman–Crippen LogP) is 2.28. The minimum Gasteiger partial charge on any atom is -0.341 e. The number of anilines is 1. The highest BCUT2D eigenvalue weighted by molar-refractivity contribution is 5.26. The highest BCUT2D eigenvalue weighted by atomic mass is 15.3. The molecule has 1 aromatic rings. The van der Waals surface area contributed by atoms with Gasteiger partial charge in [-0.2, -0.15) is 0 Å². The van der Waals surface area contributed by atoms with Crippen molar-refractivity contribution in [2.75, 3.05) is 18.0 Å². The van der Waals surface area contributed by atoms with Gasteiger partial charge in [-0.15, -0.1) is 0 Å². The molecule has 1 rings (SSSR count). The average Bonchev–Trinajstić information content (AvgIpc) is 2.30. The maximum atomic E-state index is 4.15. The molecule has 1 aromatic heterocycles. The second-order valence-corrected chi connectivity index (χ2v) is 3.58. The van der Waals surface area contributed by atoms with E-state index in [1.165, 1.54) is 25.7 Å². The summed E-state index contributed by atoms with van der Waals surface area (Å²) in [6.45, 7) is 6.35. The van der Waals surface area contributed by atoms with Crippen LogP contribution in [0.15, 0.2) is 12.7 Å². The van der Waals surface area contributed by atoms with Crippen molar-refractivity contribution in [2.45, 2.75) is 39.5 Å². The Morgan fingerprint density at radius 2 is 1.80 bits per heavy atom. The van der Waals surface area contributed by atoms with Crippen molar-refractivity contribution in [2.24, 2.45) is 0 Å². The fourth-order valence-corrected chi connectivity index (χ4v) is 1.53. The summed E-state index contributed by atoms with van der Waals surface area (Å²) < 4.78 is 0. The van der Waals surface area contributed by atoms with E-state index in [0.29, 0.717) is 0 Å². The predicted molar refractivity (Wildman–Crippen MR) is 61.9 cm³/mol. The van der Waals surface area contributed by atoms with E-state index in [0.717, 1.165) is 19.0 Å². The van der Waals surface area contributed by atoms with Crippen LogP contribution in [0.3, 0.4) is 0 Å². The Morgan fingerprint density at radius 3 is 2.40 bits per heavy atom. The number of rotatable bonds is 7. The zero-order valence-corrected chi connectivity index (χ0v) is 9.69. The van der Waals surface area contributed by atoms with Crippen LogP contribution in [0.25, 0.3) is 0 Å². The average molecular weight is 208 g/mol. The molecule has 4 nitrogen and oxygen atoms in total. The molecule has 0 bridgehead atoms.